The number of aromatic amines is 1. The summed E-state index contributed by atoms with van der Waals surface area (Å²) in [5.41, 5.74) is 4.46. The lowest BCUT2D eigenvalue weighted by atomic mass is 9.95. The fourth-order valence-electron chi connectivity index (χ4n) is 3.19. The van der Waals surface area contributed by atoms with Gasteiger partial charge in [-0.2, -0.15) is 5.10 Å². The van der Waals surface area contributed by atoms with Gasteiger partial charge in [-0.15, -0.1) is 0 Å². The molecular formula is C15H15N3O. The Bertz CT molecular complexity index is 758. The summed E-state index contributed by atoms with van der Waals surface area (Å²) in [5, 5.41) is 12.2. The molecule has 0 saturated heterocycles. The molecule has 4 heteroatoms. The van der Waals surface area contributed by atoms with Gasteiger partial charge in [-0.05, 0) is 43.4 Å². The second-order valence-electron chi connectivity index (χ2n) is 5.27. The maximum absolute atomic E-state index is 11.9. The first-order valence-corrected chi connectivity index (χ1v) is 6.85. The van der Waals surface area contributed by atoms with E-state index in [0.29, 0.717) is 0 Å². The van der Waals surface area contributed by atoms with Crippen molar-refractivity contribution in [2.24, 2.45) is 0 Å². The summed E-state index contributed by atoms with van der Waals surface area (Å²) >= 11 is 0. The molecule has 1 aromatic heterocycles. The molecule has 0 spiro atoms. The van der Waals surface area contributed by atoms with Crippen molar-refractivity contribution in [3.05, 3.63) is 39.9 Å². The summed E-state index contributed by atoms with van der Waals surface area (Å²) in [6, 6.07) is 5.82. The normalized spacial score (nSPS) is 17.9. The fourth-order valence-corrected chi connectivity index (χ4v) is 3.19. The van der Waals surface area contributed by atoms with E-state index in [2.05, 4.69) is 15.5 Å². The number of rotatable bonds is 0. The number of allylic oxidation sites excluding steroid dienone is 2. The van der Waals surface area contributed by atoms with E-state index in [9.17, 15) is 4.79 Å². The number of fused-ring (bicyclic) bond motifs is 1. The molecule has 0 amide bonds. The Balaban J connectivity index is 2.07. The van der Waals surface area contributed by atoms with E-state index in [1.54, 1.807) is 0 Å². The van der Waals surface area contributed by atoms with E-state index in [0.717, 1.165) is 35.0 Å². The summed E-state index contributed by atoms with van der Waals surface area (Å²) in [6.45, 7) is 0. The van der Waals surface area contributed by atoms with Crippen LogP contribution in [0.5, 0.6) is 0 Å². The first-order chi connectivity index (χ1) is 9.34. The summed E-state index contributed by atoms with van der Waals surface area (Å²) in [6.07, 6.45) is 5.81. The van der Waals surface area contributed by atoms with Crippen molar-refractivity contribution in [2.75, 3.05) is 5.32 Å². The third-order valence-electron chi connectivity index (χ3n) is 4.10. The number of aromatic nitrogens is 2. The van der Waals surface area contributed by atoms with Crippen LogP contribution in [0.4, 0.5) is 5.69 Å². The minimum atomic E-state index is -0.111. The number of anilines is 1. The SMILES string of the molecule is O=c1[nH]nc2c3c(cccc13)NC1=C2CCCCC1. The summed E-state index contributed by atoms with van der Waals surface area (Å²) < 4.78 is 0. The number of H-pyrrole nitrogens is 1. The first kappa shape index (κ1) is 10.8. The molecule has 4 rings (SSSR count). The van der Waals surface area contributed by atoms with Crippen LogP contribution in [-0.2, 0) is 0 Å². The lowest BCUT2D eigenvalue weighted by Gasteiger charge is -2.23. The van der Waals surface area contributed by atoms with Crippen LogP contribution < -0.4 is 10.9 Å². The Morgan fingerprint density at radius 2 is 2.00 bits per heavy atom. The lowest BCUT2D eigenvalue weighted by molar-refractivity contribution is 0.713. The van der Waals surface area contributed by atoms with Crippen molar-refractivity contribution in [3.63, 3.8) is 0 Å². The topological polar surface area (TPSA) is 57.8 Å². The summed E-state index contributed by atoms with van der Waals surface area (Å²) in [5.74, 6) is 0. The molecule has 4 nitrogen and oxygen atoms in total. The van der Waals surface area contributed by atoms with Crippen LogP contribution in [-0.4, -0.2) is 10.2 Å². The Morgan fingerprint density at radius 3 is 2.95 bits per heavy atom. The van der Waals surface area contributed by atoms with Gasteiger partial charge in [0.15, 0.2) is 0 Å². The van der Waals surface area contributed by atoms with Crippen LogP contribution in [0.15, 0.2) is 28.7 Å². The fraction of sp³-hybridized carbons (Fsp3) is 0.333. The third-order valence-corrected chi connectivity index (χ3v) is 4.10. The molecule has 96 valence electrons. The minimum Gasteiger partial charge on any atom is -0.358 e. The molecule has 1 aliphatic carbocycles. The maximum Gasteiger partial charge on any atom is 0.272 e. The standard InChI is InChI=1S/C15H15N3O/c19-15-10-6-4-8-12-13(10)14(17-18-15)9-5-2-1-3-7-11(9)16-12/h4,6,8,16H,1-3,5,7H2,(H,18,19). The Morgan fingerprint density at radius 1 is 1.11 bits per heavy atom. The quantitative estimate of drug-likeness (QED) is 0.758. The largest absolute Gasteiger partial charge is 0.358 e. The Labute approximate surface area is 110 Å². The van der Waals surface area contributed by atoms with E-state index in [1.807, 2.05) is 18.2 Å². The van der Waals surface area contributed by atoms with Gasteiger partial charge in [0.25, 0.3) is 5.56 Å². The van der Waals surface area contributed by atoms with Gasteiger partial charge in [0, 0.05) is 16.8 Å². The molecular weight excluding hydrogens is 238 g/mol. The van der Waals surface area contributed by atoms with Crippen molar-refractivity contribution in [1.82, 2.24) is 10.2 Å². The zero-order valence-corrected chi connectivity index (χ0v) is 10.6. The van der Waals surface area contributed by atoms with Crippen LogP contribution in [0, 0.1) is 0 Å². The predicted molar refractivity (Wildman–Crippen MR) is 76.0 cm³/mol. The molecule has 2 heterocycles. The second-order valence-corrected chi connectivity index (χ2v) is 5.27. The summed E-state index contributed by atoms with van der Waals surface area (Å²) in [4.78, 5) is 11.9. The van der Waals surface area contributed by atoms with Gasteiger partial charge < -0.3 is 5.32 Å². The van der Waals surface area contributed by atoms with Gasteiger partial charge in [-0.1, -0.05) is 12.5 Å². The molecule has 19 heavy (non-hydrogen) atoms. The molecule has 0 unspecified atom stereocenters. The van der Waals surface area contributed by atoms with Crippen LogP contribution >= 0.6 is 0 Å². The van der Waals surface area contributed by atoms with E-state index in [-0.39, 0.29) is 5.56 Å². The van der Waals surface area contributed by atoms with E-state index < -0.39 is 0 Å². The molecule has 0 atom stereocenters. The van der Waals surface area contributed by atoms with E-state index >= 15 is 0 Å². The van der Waals surface area contributed by atoms with Gasteiger partial charge in [0.05, 0.1) is 11.1 Å². The number of nitrogens with one attached hydrogen (secondary N) is 2. The van der Waals surface area contributed by atoms with Gasteiger partial charge in [-0.3, -0.25) is 4.79 Å². The Kier molecular flexibility index (Phi) is 2.24. The van der Waals surface area contributed by atoms with Crippen molar-refractivity contribution in [3.8, 4) is 0 Å². The van der Waals surface area contributed by atoms with Gasteiger partial charge >= 0.3 is 0 Å². The van der Waals surface area contributed by atoms with E-state index in [1.165, 1.54) is 30.5 Å². The number of nitrogens with zero attached hydrogens (tertiary/aromatic N) is 1. The van der Waals surface area contributed by atoms with Crippen LogP contribution in [0.2, 0.25) is 0 Å². The molecule has 0 saturated carbocycles. The molecule has 1 aliphatic heterocycles. The predicted octanol–water partition coefficient (Wildman–Crippen LogP) is 3.02. The number of benzene rings is 1. The second kappa shape index (κ2) is 3.95. The molecule has 0 radical (unpaired) electrons. The minimum absolute atomic E-state index is 0.111. The molecule has 2 aliphatic rings. The van der Waals surface area contributed by atoms with Crippen molar-refractivity contribution in [2.45, 2.75) is 32.1 Å². The van der Waals surface area contributed by atoms with Gasteiger partial charge in [0.1, 0.15) is 0 Å². The molecule has 1 aromatic carbocycles. The monoisotopic (exact) mass is 253 g/mol. The first-order valence-electron chi connectivity index (χ1n) is 6.85. The number of hydrogen-bond acceptors (Lipinski definition) is 3. The highest BCUT2D eigenvalue weighted by Gasteiger charge is 2.23. The molecule has 2 N–H and O–H groups in total. The summed E-state index contributed by atoms with van der Waals surface area (Å²) in [7, 11) is 0. The highest BCUT2D eigenvalue weighted by atomic mass is 16.1. The van der Waals surface area contributed by atoms with Crippen molar-refractivity contribution in [1.29, 1.82) is 0 Å². The van der Waals surface area contributed by atoms with Gasteiger partial charge in [-0.25, -0.2) is 5.10 Å². The Hall–Kier alpha value is -2.10. The van der Waals surface area contributed by atoms with Gasteiger partial charge in [0.2, 0.25) is 0 Å². The highest BCUT2D eigenvalue weighted by molar-refractivity contribution is 6.04. The van der Waals surface area contributed by atoms with Crippen LogP contribution in [0.1, 0.15) is 37.8 Å². The molecule has 0 fully saturated rings. The molecule has 0 bridgehead atoms. The average molecular weight is 253 g/mol. The van der Waals surface area contributed by atoms with Crippen LogP contribution in [0.3, 0.4) is 0 Å². The molecule has 2 aromatic rings. The smallest absolute Gasteiger partial charge is 0.272 e. The third kappa shape index (κ3) is 1.52. The van der Waals surface area contributed by atoms with Crippen LogP contribution in [0.25, 0.3) is 16.3 Å². The van der Waals surface area contributed by atoms with Crippen molar-refractivity contribution < 1.29 is 0 Å². The average Bonchev–Trinajstić information content (AvgIpc) is 2.67. The zero-order chi connectivity index (χ0) is 12.8. The lowest BCUT2D eigenvalue weighted by Crippen LogP contribution is -2.16. The highest BCUT2D eigenvalue weighted by Crippen LogP contribution is 2.40. The maximum atomic E-state index is 11.9. The zero-order valence-electron chi connectivity index (χ0n) is 10.6. The van der Waals surface area contributed by atoms with Crippen molar-refractivity contribution >= 4 is 22.0 Å². The number of hydrogen-bond donors (Lipinski definition) is 2. The van der Waals surface area contributed by atoms with E-state index in [4.69, 9.17) is 0 Å².